The quantitative estimate of drug-likeness (QED) is 0.781. The molecule has 1 aliphatic rings. The smallest absolute Gasteiger partial charge is 0.255 e. The highest BCUT2D eigenvalue weighted by Gasteiger charge is 2.29. The first-order chi connectivity index (χ1) is 11.4. The summed E-state index contributed by atoms with van der Waals surface area (Å²) in [5.74, 6) is 0.384. The van der Waals surface area contributed by atoms with Crippen LogP contribution in [0.1, 0.15) is 62.7 Å². The van der Waals surface area contributed by atoms with Crippen LogP contribution < -0.4 is 0 Å². The van der Waals surface area contributed by atoms with Crippen LogP contribution >= 0.6 is 0 Å². The molecule has 0 spiro atoms. The van der Waals surface area contributed by atoms with Crippen LogP contribution in [0, 0.1) is 5.92 Å². The fraction of sp³-hybridized carbons (Fsp3) is 0.632. The van der Waals surface area contributed by atoms with Crippen LogP contribution in [0.15, 0.2) is 29.2 Å². The predicted octanol–water partition coefficient (Wildman–Crippen LogP) is 3.91. The lowest BCUT2D eigenvalue weighted by Gasteiger charge is -2.34. The number of carbonyl (C=O) groups is 1. The van der Waals surface area contributed by atoms with Gasteiger partial charge in [-0.1, -0.05) is 38.3 Å². The van der Waals surface area contributed by atoms with Crippen molar-refractivity contribution in [2.24, 2.45) is 5.92 Å². The first-order valence-corrected chi connectivity index (χ1v) is 10.6. The standard InChI is InChI=1S/C19H29NO3S/c1-4-14-24(22,23)18-13-9-8-12-17(18)19(21)20(3)15(2)16-10-6-5-7-11-16/h8-9,12-13,15-16H,4-7,10-11,14H2,1-3H3. The summed E-state index contributed by atoms with van der Waals surface area (Å²) in [5, 5.41) is 0. The third-order valence-electron chi connectivity index (χ3n) is 5.19. The van der Waals surface area contributed by atoms with Gasteiger partial charge < -0.3 is 4.90 Å². The summed E-state index contributed by atoms with van der Waals surface area (Å²) in [5.41, 5.74) is 0.302. The topological polar surface area (TPSA) is 54.5 Å². The molecule has 0 saturated heterocycles. The summed E-state index contributed by atoms with van der Waals surface area (Å²) in [6.45, 7) is 3.91. The minimum atomic E-state index is -3.42. The van der Waals surface area contributed by atoms with Crippen molar-refractivity contribution in [3.8, 4) is 0 Å². The van der Waals surface area contributed by atoms with Crippen molar-refractivity contribution in [3.63, 3.8) is 0 Å². The second-order valence-electron chi connectivity index (χ2n) is 6.87. The van der Waals surface area contributed by atoms with Crippen molar-refractivity contribution in [2.75, 3.05) is 12.8 Å². The van der Waals surface area contributed by atoms with E-state index in [0.29, 0.717) is 17.9 Å². The maximum atomic E-state index is 13.0. The molecule has 1 aliphatic carbocycles. The van der Waals surface area contributed by atoms with Crippen molar-refractivity contribution < 1.29 is 13.2 Å². The van der Waals surface area contributed by atoms with E-state index in [2.05, 4.69) is 6.92 Å². The SMILES string of the molecule is CCCS(=O)(=O)c1ccccc1C(=O)N(C)C(C)C1CCCCC1. The molecule has 0 bridgehead atoms. The Kier molecular flexibility index (Phi) is 6.44. The highest BCUT2D eigenvalue weighted by molar-refractivity contribution is 7.91. The molecule has 2 rings (SSSR count). The van der Waals surface area contributed by atoms with Crippen LogP contribution in [-0.2, 0) is 9.84 Å². The zero-order chi connectivity index (χ0) is 17.7. The van der Waals surface area contributed by atoms with Crippen LogP contribution in [0.5, 0.6) is 0 Å². The van der Waals surface area contributed by atoms with Crippen LogP contribution in [0.25, 0.3) is 0 Å². The molecule has 5 heteroatoms. The second kappa shape index (κ2) is 8.15. The normalized spacial score (nSPS) is 17.5. The van der Waals surface area contributed by atoms with Gasteiger partial charge in [0.2, 0.25) is 0 Å². The van der Waals surface area contributed by atoms with Crippen LogP contribution in [0.3, 0.4) is 0 Å². The maximum Gasteiger partial charge on any atom is 0.255 e. The van der Waals surface area contributed by atoms with E-state index in [1.165, 1.54) is 19.3 Å². The summed E-state index contributed by atoms with van der Waals surface area (Å²) >= 11 is 0. The van der Waals surface area contributed by atoms with E-state index >= 15 is 0 Å². The molecule has 0 heterocycles. The summed E-state index contributed by atoms with van der Waals surface area (Å²) < 4.78 is 25.0. The van der Waals surface area contributed by atoms with Crippen molar-refractivity contribution in [2.45, 2.75) is 63.3 Å². The van der Waals surface area contributed by atoms with Gasteiger partial charge in [-0.25, -0.2) is 8.42 Å². The van der Waals surface area contributed by atoms with Gasteiger partial charge in [0.15, 0.2) is 9.84 Å². The molecule has 0 aromatic heterocycles. The number of amides is 1. The van der Waals surface area contributed by atoms with E-state index in [-0.39, 0.29) is 22.6 Å². The van der Waals surface area contributed by atoms with Gasteiger partial charge in [0.1, 0.15) is 0 Å². The third-order valence-corrected chi connectivity index (χ3v) is 7.16. The molecule has 1 aromatic rings. The van der Waals surface area contributed by atoms with Gasteiger partial charge in [-0.05, 0) is 44.2 Å². The summed E-state index contributed by atoms with van der Waals surface area (Å²) in [6.07, 6.45) is 6.55. The minimum Gasteiger partial charge on any atom is -0.339 e. The van der Waals surface area contributed by atoms with Crippen LogP contribution in [0.2, 0.25) is 0 Å². The van der Waals surface area contributed by atoms with Gasteiger partial charge in [0.25, 0.3) is 5.91 Å². The monoisotopic (exact) mass is 351 g/mol. The van der Waals surface area contributed by atoms with Crippen LogP contribution in [0.4, 0.5) is 0 Å². The van der Waals surface area contributed by atoms with E-state index in [4.69, 9.17) is 0 Å². The highest BCUT2D eigenvalue weighted by atomic mass is 32.2. The Bertz CT molecular complexity index is 663. The molecular formula is C19H29NO3S. The summed E-state index contributed by atoms with van der Waals surface area (Å²) in [4.78, 5) is 14.9. The van der Waals surface area contributed by atoms with Gasteiger partial charge in [0.05, 0.1) is 16.2 Å². The lowest BCUT2D eigenvalue weighted by Crippen LogP contribution is -2.41. The fourth-order valence-corrected chi connectivity index (χ4v) is 5.13. The highest BCUT2D eigenvalue weighted by Crippen LogP contribution is 2.29. The Morgan fingerprint density at radius 2 is 1.83 bits per heavy atom. The van der Waals surface area contributed by atoms with Gasteiger partial charge in [0, 0.05) is 13.1 Å². The van der Waals surface area contributed by atoms with Gasteiger partial charge in [-0.3, -0.25) is 4.79 Å². The Morgan fingerprint density at radius 3 is 2.46 bits per heavy atom. The molecule has 134 valence electrons. The van der Waals surface area contributed by atoms with Crippen LogP contribution in [-0.4, -0.2) is 38.1 Å². The van der Waals surface area contributed by atoms with E-state index in [1.54, 1.807) is 36.2 Å². The lowest BCUT2D eigenvalue weighted by molar-refractivity contribution is 0.0661. The Morgan fingerprint density at radius 1 is 1.21 bits per heavy atom. The lowest BCUT2D eigenvalue weighted by atomic mass is 9.84. The van der Waals surface area contributed by atoms with Gasteiger partial charge in [-0.2, -0.15) is 0 Å². The van der Waals surface area contributed by atoms with Crippen molar-refractivity contribution in [1.82, 2.24) is 4.90 Å². The Labute approximate surface area is 146 Å². The number of nitrogens with zero attached hydrogens (tertiary/aromatic N) is 1. The largest absolute Gasteiger partial charge is 0.339 e. The first kappa shape index (κ1) is 19.0. The molecule has 0 aliphatic heterocycles. The minimum absolute atomic E-state index is 0.0686. The number of hydrogen-bond donors (Lipinski definition) is 0. The molecule has 24 heavy (non-hydrogen) atoms. The average molecular weight is 352 g/mol. The van der Waals surface area contributed by atoms with Crippen molar-refractivity contribution in [1.29, 1.82) is 0 Å². The summed E-state index contributed by atoms with van der Waals surface area (Å²) in [7, 11) is -1.62. The molecule has 4 nitrogen and oxygen atoms in total. The molecular weight excluding hydrogens is 322 g/mol. The maximum absolute atomic E-state index is 13.0. The number of rotatable bonds is 6. The van der Waals surface area contributed by atoms with Gasteiger partial charge >= 0.3 is 0 Å². The zero-order valence-corrected chi connectivity index (χ0v) is 15.8. The number of carbonyl (C=O) groups excluding carboxylic acids is 1. The first-order valence-electron chi connectivity index (χ1n) is 8.97. The number of sulfone groups is 1. The fourth-order valence-electron chi connectivity index (χ4n) is 3.60. The Hall–Kier alpha value is -1.36. The molecule has 1 unspecified atom stereocenters. The third kappa shape index (κ3) is 4.18. The zero-order valence-electron chi connectivity index (χ0n) is 15.0. The van der Waals surface area contributed by atoms with Crippen molar-refractivity contribution in [3.05, 3.63) is 29.8 Å². The van der Waals surface area contributed by atoms with E-state index in [0.717, 1.165) is 12.8 Å². The van der Waals surface area contributed by atoms with E-state index in [1.807, 2.05) is 6.92 Å². The summed E-state index contributed by atoms with van der Waals surface area (Å²) in [6, 6.07) is 6.73. The average Bonchev–Trinajstić information content (AvgIpc) is 2.60. The molecule has 1 amide bonds. The second-order valence-corrected chi connectivity index (χ2v) is 8.95. The van der Waals surface area contributed by atoms with E-state index in [9.17, 15) is 13.2 Å². The predicted molar refractivity (Wildman–Crippen MR) is 96.9 cm³/mol. The van der Waals surface area contributed by atoms with Crippen molar-refractivity contribution >= 4 is 15.7 Å². The molecule has 0 radical (unpaired) electrons. The molecule has 1 atom stereocenters. The number of hydrogen-bond acceptors (Lipinski definition) is 3. The van der Waals surface area contributed by atoms with E-state index < -0.39 is 9.84 Å². The molecule has 1 saturated carbocycles. The van der Waals surface area contributed by atoms with Gasteiger partial charge in [-0.15, -0.1) is 0 Å². The number of benzene rings is 1. The molecule has 0 N–H and O–H groups in total. The Balaban J connectivity index is 2.26. The molecule has 1 aromatic carbocycles. The molecule has 1 fully saturated rings.